The van der Waals surface area contributed by atoms with Crippen molar-refractivity contribution in [2.24, 2.45) is 0 Å². The lowest BCUT2D eigenvalue weighted by Crippen LogP contribution is -2.46. The van der Waals surface area contributed by atoms with E-state index in [1.54, 1.807) is 26.2 Å². The summed E-state index contributed by atoms with van der Waals surface area (Å²) in [5.74, 6) is -0.206. The second kappa shape index (κ2) is 7.22. The van der Waals surface area contributed by atoms with E-state index in [2.05, 4.69) is 5.32 Å². The molecule has 0 aliphatic carbocycles. The molecule has 0 aromatic heterocycles. The molecule has 21 heavy (non-hydrogen) atoms. The Morgan fingerprint density at radius 3 is 2.43 bits per heavy atom. The number of nitrogens with one attached hydrogen (secondary N) is 1. The maximum Gasteiger partial charge on any atom is 0.253 e. The van der Waals surface area contributed by atoms with Crippen molar-refractivity contribution < 1.29 is 13.2 Å². The molecule has 6 nitrogen and oxygen atoms in total. The number of halogens is 1. The highest BCUT2D eigenvalue weighted by atomic mass is 35.5. The SMILES string of the molecule is CN(C)C(=O)c1cccc(S(=O)(=O)N2CCNCC2)c1.Cl. The van der Waals surface area contributed by atoms with Gasteiger partial charge in [-0.2, -0.15) is 4.31 Å². The van der Waals surface area contributed by atoms with Crippen LogP contribution in [0.4, 0.5) is 0 Å². The Bertz CT molecular complexity index is 598. The van der Waals surface area contributed by atoms with Crippen molar-refractivity contribution in [1.82, 2.24) is 14.5 Å². The van der Waals surface area contributed by atoms with Gasteiger partial charge in [-0.25, -0.2) is 8.42 Å². The number of carbonyl (C=O) groups is 1. The van der Waals surface area contributed by atoms with Crippen LogP contribution in [0, 0.1) is 0 Å². The number of sulfonamides is 1. The quantitative estimate of drug-likeness (QED) is 0.869. The van der Waals surface area contributed by atoms with Gasteiger partial charge in [0.15, 0.2) is 0 Å². The average Bonchev–Trinajstić information content (AvgIpc) is 2.47. The zero-order valence-electron chi connectivity index (χ0n) is 12.1. The van der Waals surface area contributed by atoms with Gasteiger partial charge < -0.3 is 10.2 Å². The molecule has 2 rings (SSSR count). The molecular weight excluding hydrogens is 314 g/mol. The van der Waals surface area contributed by atoms with Gasteiger partial charge in [-0.3, -0.25) is 4.79 Å². The lowest BCUT2D eigenvalue weighted by atomic mass is 10.2. The van der Waals surface area contributed by atoms with E-state index in [4.69, 9.17) is 0 Å². The lowest BCUT2D eigenvalue weighted by Gasteiger charge is -2.26. The first-order valence-electron chi connectivity index (χ1n) is 6.45. The highest BCUT2D eigenvalue weighted by Gasteiger charge is 2.26. The van der Waals surface area contributed by atoms with Crippen molar-refractivity contribution >= 4 is 28.3 Å². The standard InChI is InChI=1S/C13H19N3O3S.ClH/c1-15(2)13(17)11-4-3-5-12(10-11)20(18,19)16-8-6-14-7-9-16;/h3-5,10,14H,6-9H2,1-2H3;1H. The molecule has 0 saturated carbocycles. The summed E-state index contributed by atoms with van der Waals surface area (Å²) < 4.78 is 26.5. The smallest absolute Gasteiger partial charge is 0.253 e. The number of rotatable bonds is 3. The molecule has 8 heteroatoms. The fourth-order valence-corrected chi connectivity index (χ4v) is 3.57. The summed E-state index contributed by atoms with van der Waals surface area (Å²) in [7, 11) is -0.244. The fourth-order valence-electron chi connectivity index (χ4n) is 2.08. The van der Waals surface area contributed by atoms with Gasteiger partial charge in [0.05, 0.1) is 4.90 Å². The topological polar surface area (TPSA) is 69.7 Å². The molecule has 1 saturated heterocycles. The summed E-state index contributed by atoms with van der Waals surface area (Å²) in [6.07, 6.45) is 0. The zero-order chi connectivity index (χ0) is 14.8. The molecule has 0 radical (unpaired) electrons. The number of hydrogen-bond donors (Lipinski definition) is 1. The molecule has 1 amide bonds. The average molecular weight is 334 g/mol. The third-order valence-electron chi connectivity index (χ3n) is 3.20. The summed E-state index contributed by atoms with van der Waals surface area (Å²) in [6.45, 7) is 2.20. The minimum absolute atomic E-state index is 0. The van der Waals surface area contributed by atoms with E-state index in [0.717, 1.165) is 0 Å². The van der Waals surface area contributed by atoms with Gasteiger partial charge in [-0.05, 0) is 18.2 Å². The van der Waals surface area contributed by atoms with Gasteiger partial charge >= 0.3 is 0 Å². The predicted molar refractivity (Wildman–Crippen MR) is 83.3 cm³/mol. The van der Waals surface area contributed by atoms with Crippen molar-refractivity contribution in [2.45, 2.75) is 4.90 Å². The molecule has 1 aliphatic rings. The first-order valence-corrected chi connectivity index (χ1v) is 7.89. The normalized spacial score (nSPS) is 16.1. The first kappa shape index (κ1) is 17.9. The summed E-state index contributed by atoms with van der Waals surface area (Å²) in [4.78, 5) is 13.5. The molecule has 1 heterocycles. The summed E-state index contributed by atoms with van der Waals surface area (Å²) in [5, 5.41) is 3.12. The number of hydrogen-bond acceptors (Lipinski definition) is 4. The number of nitrogens with zero attached hydrogens (tertiary/aromatic N) is 2. The minimum atomic E-state index is -3.52. The Hall–Kier alpha value is -1.15. The van der Waals surface area contributed by atoms with Gasteiger partial charge in [-0.1, -0.05) is 6.07 Å². The van der Waals surface area contributed by atoms with E-state index in [9.17, 15) is 13.2 Å². The monoisotopic (exact) mass is 333 g/mol. The van der Waals surface area contributed by atoms with Gasteiger partial charge in [0.25, 0.3) is 5.91 Å². The summed E-state index contributed by atoms with van der Waals surface area (Å²) in [6, 6.07) is 6.20. The molecule has 1 N–H and O–H groups in total. The van der Waals surface area contributed by atoms with Crippen LogP contribution in [-0.2, 0) is 10.0 Å². The maximum absolute atomic E-state index is 12.5. The molecule has 1 aromatic rings. The third kappa shape index (κ3) is 3.94. The van der Waals surface area contributed by atoms with Crippen LogP contribution < -0.4 is 5.32 Å². The highest BCUT2D eigenvalue weighted by Crippen LogP contribution is 2.18. The number of piperazine rings is 1. The molecule has 1 aliphatic heterocycles. The summed E-state index contributed by atoms with van der Waals surface area (Å²) >= 11 is 0. The van der Waals surface area contributed by atoms with Crippen LogP contribution in [0.25, 0.3) is 0 Å². The lowest BCUT2D eigenvalue weighted by molar-refractivity contribution is 0.0827. The van der Waals surface area contributed by atoms with Crippen molar-refractivity contribution in [3.8, 4) is 0 Å². The van der Waals surface area contributed by atoms with E-state index >= 15 is 0 Å². The Balaban J connectivity index is 0.00000220. The molecule has 1 fully saturated rings. The van der Waals surface area contributed by atoms with Crippen LogP contribution in [0.15, 0.2) is 29.2 Å². The Morgan fingerprint density at radius 1 is 1.24 bits per heavy atom. The van der Waals surface area contributed by atoms with Crippen LogP contribution in [0.5, 0.6) is 0 Å². The summed E-state index contributed by atoms with van der Waals surface area (Å²) in [5.41, 5.74) is 0.381. The molecule has 1 aromatic carbocycles. The van der Waals surface area contributed by atoms with Gasteiger partial charge in [0.2, 0.25) is 10.0 Å². The van der Waals surface area contributed by atoms with Gasteiger partial charge in [0, 0.05) is 45.8 Å². The van der Waals surface area contributed by atoms with Crippen LogP contribution in [0.3, 0.4) is 0 Å². The van der Waals surface area contributed by atoms with Gasteiger partial charge in [-0.15, -0.1) is 12.4 Å². The predicted octanol–water partition coefficient (Wildman–Crippen LogP) is 0.404. The van der Waals surface area contributed by atoms with Crippen molar-refractivity contribution in [3.05, 3.63) is 29.8 Å². The first-order chi connectivity index (χ1) is 9.43. The molecule has 0 unspecified atom stereocenters. The highest BCUT2D eigenvalue weighted by molar-refractivity contribution is 7.89. The molecule has 0 bridgehead atoms. The number of amides is 1. The maximum atomic E-state index is 12.5. The largest absolute Gasteiger partial charge is 0.345 e. The van der Waals surface area contributed by atoms with E-state index in [0.29, 0.717) is 31.7 Å². The molecule has 118 valence electrons. The van der Waals surface area contributed by atoms with Gasteiger partial charge in [0.1, 0.15) is 0 Å². The Morgan fingerprint density at radius 2 is 1.86 bits per heavy atom. The van der Waals surface area contributed by atoms with Crippen molar-refractivity contribution in [2.75, 3.05) is 40.3 Å². The molecular formula is C13H20ClN3O3S. The fraction of sp³-hybridized carbons (Fsp3) is 0.462. The van der Waals surface area contributed by atoms with E-state index in [1.165, 1.54) is 21.3 Å². The molecule has 0 atom stereocenters. The van der Waals surface area contributed by atoms with Crippen LogP contribution >= 0.6 is 12.4 Å². The van der Waals surface area contributed by atoms with Crippen molar-refractivity contribution in [1.29, 1.82) is 0 Å². The van der Waals surface area contributed by atoms with E-state index in [-0.39, 0.29) is 23.2 Å². The second-order valence-electron chi connectivity index (χ2n) is 4.88. The van der Waals surface area contributed by atoms with Crippen LogP contribution in [-0.4, -0.2) is 63.8 Å². The van der Waals surface area contributed by atoms with E-state index < -0.39 is 10.0 Å². The third-order valence-corrected chi connectivity index (χ3v) is 5.10. The number of carbonyl (C=O) groups excluding carboxylic acids is 1. The number of benzene rings is 1. The Labute approximate surface area is 131 Å². The van der Waals surface area contributed by atoms with E-state index in [1.807, 2.05) is 0 Å². The second-order valence-corrected chi connectivity index (χ2v) is 6.82. The van der Waals surface area contributed by atoms with Crippen LogP contribution in [0.1, 0.15) is 10.4 Å². The molecule has 0 spiro atoms. The Kier molecular flexibility index (Phi) is 6.15. The zero-order valence-corrected chi connectivity index (χ0v) is 13.7. The minimum Gasteiger partial charge on any atom is -0.345 e. The van der Waals surface area contributed by atoms with Crippen LogP contribution in [0.2, 0.25) is 0 Å². The van der Waals surface area contributed by atoms with Crippen molar-refractivity contribution in [3.63, 3.8) is 0 Å².